The maximum Gasteiger partial charge on any atom is 0.151 e. The Morgan fingerprint density at radius 2 is 2.29 bits per heavy atom. The number of anilines is 1. The Hall–Kier alpha value is -2.65. The van der Waals surface area contributed by atoms with Crippen molar-refractivity contribution in [3.05, 3.63) is 48.2 Å². The topological polar surface area (TPSA) is 74.1 Å². The molecular formula is C18H21N5O. The van der Waals surface area contributed by atoms with Crippen molar-refractivity contribution in [3.63, 3.8) is 0 Å². The molecule has 1 saturated heterocycles. The Kier molecular flexibility index (Phi) is 5.59. The summed E-state index contributed by atoms with van der Waals surface area (Å²) in [6.45, 7) is 3.27. The van der Waals surface area contributed by atoms with Gasteiger partial charge < -0.3 is 15.0 Å². The summed E-state index contributed by atoms with van der Waals surface area (Å²) < 4.78 is 5.68. The summed E-state index contributed by atoms with van der Waals surface area (Å²) in [6, 6.07) is 13.7. The van der Waals surface area contributed by atoms with Crippen LogP contribution < -0.4 is 15.0 Å². The Morgan fingerprint density at radius 1 is 1.33 bits per heavy atom. The molecule has 24 heavy (non-hydrogen) atoms. The summed E-state index contributed by atoms with van der Waals surface area (Å²) in [4.78, 5) is 2.32. The van der Waals surface area contributed by atoms with Crippen molar-refractivity contribution in [3.8, 4) is 11.8 Å². The van der Waals surface area contributed by atoms with Crippen molar-refractivity contribution in [2.24, 2.45) is 0 Å². The third-order valence-electron chi connectivity index (χ3n) is 4.12. The fraction of sp³-hybridized carbons (Fsp3) is 0.389. The number of ether oxygens (including phenoxy) is 1. The molecule has 0 bridgehead atoms. The first kappa shape index (κ1) is 16.2. The highest BCUT2D eigenvalue weighted by atomic mass is 16.5. The van der Waals surface area contributed by atoms with E-state index in [1.807, 2.05) is 24.3 Å². The van der Waals surface area contributed by atoms with Crippen molar-refractivity contribution < 1.29 is 4.74 Å². The van der Waals surface area contributed by atoms with E-state index in [-0.39, 0.29) is 0 Å². The highest BCUT2D eigenvalue weighted by Crippen LogP contribution is 2.22. The molecule has 2 heterocycles. The van der Waals surface area contributed by atoms with Crippen molar-refractivity contribution in [2.75, 3.05) is 31.1 Å². The number of benzene rings is 1. The van der Waals surface area contributed by atoms with Crippen LogP contribution in [0.25, 0.3) is 0 Å². The summed E-state index contributed by atoms with van der Waals surface area (Å²) in [5.74, 6) is 1.68. The van der Waals surface area contributed by atoms with Crippen molar-refractivity contribution >= 4 is 5.82 Å². The van der Waals surface area contributed by atoms with Gasteiger partial charge in [-0.05, 0) is 43.2 Å². The lowest BCUT2D eigenvalue weighted by atomic mass is 10.2. The SMILES string of the molecule is N#Cc1cccc(OCCNC[C@@H]2CCCN2c2cccnn2)c1. The molecule has 6 heteroatoms. The second-order valence-corrected chi connectivity index (χ2v) is 5.76. The maximum atomic E-state index is 8.88. The average molecular weight is 323 g/mol. The Morgan fingerprint density at radius 3 is 3.12 bits per heavy atom. The minimum Gasteiger partial charge on any atom is -0.492 e. The van der Waals surface area contributed by atoms with Gasteiger partial charge in [0, 0.05) is 31.9 Å². The van der Waals surface area contributed by atoms with E-state index in [4.69, 9.17) is 10.00 Å². The third kappa shape index (κ3) is 4.21. The zero-order valence-corrected chi connectivity index (χ0v) is 13.6. The van der Waals surface area contributed by atoms with Gasteiger partial charge in [-0.3, -0.25) is 0 Å². The minimum absolute atomic E-state index is 0.448. The zero-order valence-electron chi connectivity index (χ0n) is 13.6. The molecule has 0 saturated carbocycles. The molecule has 1 atom stereocenters. The quantitative estimate of drug-likeness (QED) is 0.786. The van der Waals surface area contributed by atoms with Crippen LogP contribution >= 0.6 is 0 Å². The summed E-state index contributed by atoms with van der Waals surface area (Å²) >= 11 is 0. The van der Waals surface area contributed by atoms with E-state index in [9.17, 15) is 0 Å². The molecule has 1 aliphatic heterocycles. The van der Waals surface area contributed by atoms with Gasteiger partial charge in [0.15, 0.2) is 5.82 Å². The first-order valence-corrected chi connectivity index (χ1v) is 8.25. The van der Waals surface area contributed by atoms with Crippen LogP contribution in [-0.2, 0) is 0 Å². The highest BCUT2D eigenvalue weighted by molar-refractivity contribution is 5.39. The van der Waals surface area contributed by atoms with Gasteiger partial charge in [0.25, 0.3) is 0 Å². The van der Waals surface area contributed by atoms with Gasteiger partial charge in [-0.25, -0.2) is 0 Å². The van der Waals surface area contributed by atoms with Gasteiger partial charge in [0.05, 0.1) is 11.6 Å². The van der Waals surface area contributed by atoms with E-state index in [1.54, 1.807) is 18.3 Å². The Bertz CT molecular complexity index is 685. The fourth-order valence-corrected chi connectivity index (χ4v) is 2.96. The smallest absolute Gasteiger partial charge is 0.151 e. The molecule has 3 rings (SSSR count). The molecular weight excluding hydrogens is 302 g/mol. The number of nitrogens with zero attached hydrogens (tertiary/aromatic N) is 4. The molecule has 2 aromatic rings. The van der Waals surface area contributed by atoms with Crippen LogP contribution in [0.15, 0.2) is 42.6 Å². The number of hydrogen-bond donors (Lipinski definition) is 1. The maximum absolute atomic E-state index is 8.88. The van der Waals surface area contributed by atoms with E-state index in [1.165, 1.54) is 6.42 Å². The Balaban J connectivity index is 1.41. The fourth-order valence-electron chi connectivity index (χ4n) is 2.96. The standard InChI is InChI=1S/C18H21N5O/c19-13-15-4-1-6-17(12-15)24-11-9-20-14-16-5-3-10-23(16)18-7-2-8-21-22-18/h1-2,4,6-8,12,16,20H,3,5,9-11,14H2/t16-/m0/s1. The Labute approximate surface area is 142 Å². The van der Waals surface area contributed by atoms with Crippen LogP contribution in [0.4, 0.5) is 5.82 Å². The summed E-state index contributed by atoms with van der Waals surface area (Å²) in [6.07, 6.45) is 4.04. The van der Waals surface area contributed by atoms with Gasteiger partial charge in [-0.1, -0.05) is 6.07 Å². The van der Waals surface area contributed by atoms with E-state index in [0.29, 0.717) is 18.2 Å². The van der Waals surface area contributed by atoms with Gasteiger partial charge >= 0.3 is 0 Å². The molecule has 0 aliphatic carbocycles. The molecule has 0 amide bonds. The molecule has 1 aliphatic rings. The predicted octanol–water partition coefficient (Wildman–Crippen LogP) is 1.99. The van der Waals surface area contributed by atoms with Crippen LogP contribution in [0.1, 0.15) is 18.4 Å². The van der Waals surface area contributed by atoms with Gasteiger partial charge in [0.2, 0.25) is 0 Å². The highest BCUT2D eigenvalue weighted by Gasteiger charge is 2.25. The van der Waals surface area contributed by atoms with Gasteiger partial charge in [-0.2, -0.15) is 10.4 Å². The number of nitrogens with one attached hydrogen (secondary N) is 1. The number of rotatable bonds is 7. The van der Waals surface area contributed by atoms with E-state index < -0.39 is 0 Å². The first-order valence-electron chi connectivity index (χ1n) is 8.25. The van der Waals surface area contributed by atoms with Crippen molar-refractivity contribution in [1.82, 2.24) is 15.5 Å². The molecule has 1 aromatic heterocycles. The van der Waals surface area contributed by atoms with Crippen LogP contribution in [0, 0.1) is 11.3 Å². The first-order chi connectivity index (χ1) is 11.9. The average Bonchev–Trinajstić information content (AvgIpc) is 3.11. The molecule has 0 radical (unpaired) electrons. The second kappa shape index (κ2) is 8.27. The van der Waals surface area contributed by atoms with Crippen LogP contribution in [-0.4, -0.2) is 42.5 Å². The third-order valence-corrected chi connectivity index (χ3v) is 4.12. The molecule has 1 fully saturated rings. The van der Waals surface area contributed by atoms with Crippen LogP contribution in [0.3, 0.4) is 0 Å². The largest absolute Gasteiger partial charge is 0.492 e. The lowest BCUT2D eigenvalue weighted by Gasteiger charge is -2.25. The molecule has 0 unspecified atom stereocenters. The lowest BCUT2D eigenvalue weighted by molar-refractivity contribution is 0.312. The van der Waals surface area contributed by atoms with Crippen LogP contribution in [0.5, 0.6) is 5.75 Å². The molecule has 6 nitrogen and oxygen atoms in total. The molecule has 124 valence electrons. The zero-order chi connectivity index (χ0) is 16.6. The van der Waals surface area contributed by atoms with Crippen molar-refractivity contribution in [2.45, 2.75) is 18.9 Å². The predicted molar refractivity (Wildman–Crippen MR) is 91.9 cm³/mol. The van der Waals surface area contributed by atoms with E-state index >= 15 is 0 Å². The van der Waals surface area contributed by atoms with Gasteiger partial charge in [-0.15, -0.1) is 5.10 Å². The van der Waals surface area contributed by atoms with Gasteiger partial charge in [0.1, 0.15) is 12.4 Å². The summed E-state index contributed by atoms with van der Waals surface area (Å²) in [7, 11) is 0. The number of aromatic nitrogens is 2. The normalized spacial score (nSPS) is 16.8. The minimum atomic E-state index is 0.448. The van der Waals surface area contributed by atoms with Crippen molar-refractivity contribution in [1.29, 1.82) is 5.26 Å². The number of hydrogen-bond acceptors (Lipinski definition) is 6. The second-order valence-electron chi connectivity index (χ2n) is 5.76. The summed E-state index contributed by atoms with van der Waals surface area (Å²) in [5, 5.41) is 20.5. The number of nitriles is 1. The monoisotopic (exact) mass is 323 g/mol. The summed E-state index contributed by atoms with van der Waals surface area (Å²) in [5.41, 5.74) is 0.617. The van der Waals surface area contributed by atoms with E-state index in [2.05, 4.69) is 26.5 Å². The molecule has 0 spiro atoms. The molecule has 1 aromatic carbocycles. The van der Waals surface area contributed by atoms with Crippen LogP contribution in [0.2, 0.25) is 0 Å². The van der Waals surface area contributed by atoms with E-state index in [0.717, 1.165) is 37.6 Å². The lowest BCUT2D eigenvalue weighted by Crippen LogP contribution is -2.39. The molecule has 1 N–H and O–H groups in total.